The highest BCUT2D eigenvalue weighted by Gasteiger charge is 2.05. The number of rotatable bonds is 2. The van der Waals surface area contributed by atoms with E-state index in [0.717, 1.165) is 11.2 Å². The van der Waals surface area contributed by atoms with Gasteiger partial charge in [-0.05, 0) is 29.8 Å². The number of carbonyl (C=O) groups is 1. The molecule has 0 atom stereocenters. The van der Waals surface area contributed by atoms with Crippen LogP contribution in [0.4, 0.5) is 4.39 Å². The van der Waals surface area contributed by atoms with E-state index < -0.39 is 5.82 Å². The lowest BCUT2D eigenvalue weighted by molar-refractivity contribution is 0.112. The van der Waals surface area contributed by atoms with Crippen LogP contribution < -0.4 is 0 Å². The Balaban J connectivity index is 2.44. The van der Waals surface area contributed by atoms with Crippen molar-refractivity contribution in [2.24, 2.45) is 0 Å². The predicted octanol–water partition coefficient (Wildman–Crippen LogP) is 3.07. The summed E-state index contributed by atoms with van der Waals surface area (Å²) in [6.07, 6.45) is 0.761. The van der Waals surface area contributed by atoms with Crippen LogP contribution in [0, 0.1) is 5.82 Å². The van der Waals surface area contributed by atoms with E-state index in [1.54, 1.807) is 18.2 Å². The SMILES string of the molecule is O=Cc1ccc(-c2ccc(F)c(O)c2)s1. The van der Waals surface area contributed by atoms with Crippen molar-refractivity contribution in [3.05, 3.63) is 41.0 Å². The molecule has 1 heterocycles. The summed E-state index contributed by atoms with van der Waals surface area (Å²) in [6, 6.07) is 7.56. The molecule has 1 N–H and O–H groups in total. The summed E-state index contributed by atoms with van der Waals surface area (Å²) in [5, 5.41) is 9.19. The minimum atomic E-state index is -0.647. The van der Waals surface area contributed by atoms with E-state index >= 15 is 0 Å². The standard InChI is InChI=1S/C11H7FO2S/c12-9-3-1-7(5-10(9)14)11-4-2-8(6-13)15-11/h1-6,14H. The summed E-state index contributed by atoms with van der Waals surface area (Å²) in [5.74, 6) is -1.03. The summed E-state index contributed by atoms with van der Waals surface area (Å²) >= 11 is 1.30. The Labute approximate surface area is 89.6 Å². The van der Waals surface area contributed by atoms with Gasteiger partial charge in [-0.25, -0.2) is 4.39 Å². The molecule has 0 spiro atoms. The van der Waals surface area contributed by atoms with Crippen molar-refractivity contribution in [2.75, 3.05) is 0 Å². The lowest BCUT2D eigenvalue weighted by atomic mass is 10.2. The van der Waals surface area contributed by atoms with Gasteiger partial charge in [0.1, 0.15) is 0 Å². The molecule has 0 aliphatic carbocycles. The number of aromatic hydroxyl groups is 1. The normalized spacial score (nSPS) is 10.2. The number of phenolic OH excluding ortho intramolecular Hbond substituents is 1. The molecule has 4 heteroatoms. The molecule has 2 rings (SSSR count). The van der Waals surface area contributed by atoms with E-state index in [1.807, 2.05) is 0 Å². The molecular formula is C11H7FO2S. The maximum atomic E-state index is 12.8. The number of hydrogen-bond donors (Lipinski definition) is 1. The van der Waals surface area contributed by atoms with Crippen LogP contribution in [0.3, 0.4) is 0 Å². The van der Waals surface area contributed by atoms with Crippen molar-refractivity contribution in [3.63, 3.8) is 0 Å². The lowest BCUT2D eigenvalue weighted by Crippen LogP contribution is -1.77. The van der Waals surface area contributed by atoms with Gasteiger partial charge in [0.25, 0.3) is 0 Å². The predicted molar refractivity (Wildman–Crippen MR) is 56.8 cm³/mol. The van der Waals surface area contributed by atoms with Crippen LogP contribution in [0.2, 0.25) is 0 Å². The molecule has 0 fully saturated rings. The van der Waals surface area contributed by atoms with Crippen LogP contribution in [0.15, 0.2) is 30.3 Å². The Morgan fingerprint density at radius 3 is 2.67 bits per heavy atom. The lowest BCUT2D eigenvalue weighted by Gasteiger charge is -1.99. The van der Waals surface area contributed by atoms with Gasteiger partial charge in [0.05, 0.1) is 4.88 Å². The first-order valence-corrected chi connectivity index (χ1v) is 5.06. The van der Waals surface area contributed by atoms with Crippen molar-refractivity contribution >= 4 is 17.6 Å². The largest absolute Gasteiger partial charge is 0.505 e. The molecule has 0 aliphatic rings. The van der Waals surface area contributed by atoms with E-state index in [9.17, 15) is 14.3 Å². The Kier molecular flexibility index (Phi) is 2.51. The summed E-state index contributed by atoms with van der Waals surface area (Å²) < 4.78 is 12.8. The van der Waals surface area contributed by atoms with Gasteiger partial charge in [-0.2, -0.15) is 0 Å². The molecule has 0 bridgehead atoms. The summed E-state index contributed by atoms with van der Waals surface area (Å²) in [4.78, 5) is 11.9. The molecule has 0 radical (unpaired) electrons. The summed E-state index contributed by atoms with van der Waals surface area (Å²) in [5.41, 5.74) is 0.701. The second kappa shape index (κ2) is 3.82. The number of carbonyl (C=O) groups excluding carboxylic acids is 1. The number of aldehydes is 1. The minimum Gasteiger partial charge on any atom is -0.505 e. The Morgan fingerprint density at radius 1 is 1.27 bits per heavy atom. The third-order valence-corrected chi connectivity index (χ3v) is 3.03. The van der Waals surface area contributed by atoms with E-state index in [4.69, 9.17) is 0 Å². The van der Waals surface area contributed by atoms with Crippen LogP contribution >= 0.6 is 11.3 Å². The van der Waals surface area contributed by atoms with Crippen LogP contribution in [-0.2, 0) is 0 Å². The van der Waals surface area contributed by atoms with Gasteiger partial charge in [0, 0.05) is 4.88 Å². The van der Waals surface area contributed by atoms with Crippen LogP contribution in [0.25, 0.3) is 10.4 Å². The quantitative estimate of drug-likeness (QED) is 0.793. The average molecular weight is 222 g/mol. The van der Waals surface area contributed by atoms with Crippen LogP contribution in [0.1, 0.15) is 9.67 Å². The Morgan fingerprint density at radius 2 is 2.07 bits per heavy atom. The zero-order chi connectivity index (χ0) is 10.8. The number of phenols is 1. The van der Waals surface area contributed by atoms with Crippen molar-refractivity contribution in [3.8, 4) is 16.2 Å². The maximum absolute atomic E-state index is 12.8. The molecular weight excluding hydrogens is 215 g/mol. The third-order valence-electron chi connectivity index (χ3n) is 1.97. The number of thiophene rings is 1. The van der Waals surface area contributed by atoms with Gasteiger partial charge in [0.2, 0.25) is 0 Å². The first-order valence-electron chi connectivity index (χ1n) is 4.24. The fourth-order valence-electron chi connectivity index (χ4n) is 1.24. The van der Waals surface area contributed by atoms with E-state index in [-0.39, 0.29) is 5.75 Å². The maximum Gasteiger partial charge on any atom is 0.164 e. The second-order valence-electron chi connectivity index (χ2n) is 2.99. The Hall–Kier alpha value is -1.68. The Bertz CT molecular complexity index is 505. The molecule has 1 aromatic heterocycles. The smallest absolute Gasteiger partial charge is 0.164 e. The van der Waals surface area contributed by atoms with E-state index in [0.29, 0.717) is 10.4 Å². The zero-order valence-corrected chi connectivity index (χ0v) is 8.42. The zero-order valence-electron chi connectivity index (χ0n) is 7.61. The molecule has 2 nitrogen and oxygen atoms in total. The van der Waals surface area contributed by atoms with Crippen molar-refractivity contribution < 1.29 is 14.3 Å². The van der Waals surface area contributed by atoms with Gasteiger partial charge in [0.15, 0.2) is 17.9 Å². The molecule has 0 aliphatic heterocycles. The number of hydrogen-bond acceptors (Lipinski definition) is 3. The van der Waals surface area contributed by atoms with Gasteiger partial charge >= 0.3 is 0 Å². The fourth-order valence-corrected chi connectivity index (χ4v) is 2.06. The highest BCUT2D eigenvalue weighted by atomic mass is 32.1. The fraction of sp³-hybridized carbons (Fsp3) is 0. The number of halogens is 1. The first-order chi connectivity index (χ1) is 7.20. The van der Waals surface area contributed by atoms with Gasteiger partial charge in [-0.1, -0.05) is 6.07 Å². The molecule has 15 heavy (non-hydrogen) atoms. The average Bonchev–Trinajstić information content (AvgIpc) is 2.70. The van der Waals surface area contributed by atoms with Crippen molar-refractivity contribution in [1.82, 2.24) is 0 Å². The van der Waals surface area contributed by atoms with E-state index in [1.165, 1.54) is 23.5 Å². The van der Waals surface area contributed by atoms with E-state index in [2.05, 4.69) is 0 Å². The summed E-state index contributed by atoms with van der Waals surface area (Å²) in [6.45, 7) is 0. The molecule has 0 saturated carbocycles. The molecule has 1 aromatic carbocycles. The van der Waals surface area contributed by atoms with Crippen molar-refractivity contribution in [2.45, 2.75) is 0 Å². The van der Waals surface area contributed by atoms with Crippen LogP contribution in [0.5, 0.6) is 5.75 Å². The minimum absolute atomic E-state index is 0.381. The molecule has 2 aromatic rings. The summed E-state index contributed by atoms with van der Waals surface area (Å²) in [7, 11) is 0. The van der Waals surface area contributed by atoms with Crippen LogP contribution in [-0.4, -0.2) is 11.4 Å². The number of benzene rings is 1. The molecule has 76 valence electrons. The highest BCUT2D eigenvalue weighted by Crippen LogP contribution is 2.30. The van der Waals surface area contributed by atoms with Gasteiger partial charge < -0.3 is 5.11 Å². The monoisotopic (exact) mass is 222 g/mol. The topological polar surface area (TPSA) is 37.3 Å². The van der Waals surface area contributed by atoms with Gasteiger partial charge in [-0.3, -0.25) is 4.79 Å². The molecule has 0 unspecified atom stereocenters. The highest BCUT2D eigenvalue weighted by molar-refractivity contribution is 7.17. The second-order valence-corrected chi connectivity index (χ2v) is 4.10. The van der Waals surface area contributed by atoms with Crippen molar-refractivity contribution in [1.29, 1.82) is 0 Å². The first kappa shape index (κ1) is 9.86. The van der Waals surface area contributed by atoms with Gasteiger partial charge in [-0.15, -0.1) is 11.3 Å². The molecule has 0 saturated heterocycles. The third kappa shape index (κ3) is 1.89. The molecule has 0 amide bonds.